The van der Waals surface area contributed by atoms with Gasteiger partial charge in [0.25, 0.3) is 0 Å². The lowest BCUT2D eigenvalue weighted by Gasteiger charge is -2.13. The summed E-state index contributed by atoms with van der Waals surface area (Å²) >= 11 is 0. The molecule has 0 fully saturated rings. The van der Waals surface area contributed by atoms with Gasteiger partial charge >= 0.3 is 0 Å². The van der Waals surface area contributed by atoms with Gasteiger partial charge in [0, 0.05) is 11.6 Å². The first-order chi connectivity index (χ1) is 10.2. The molecule has 0 aromatic heterocycles. The number of nitrogens with zero attached hydrogens (tertiary/aromatic N) is 1. The molecule has 0 aliphatic carbocycles. The molecule has 0 heterocycles. The molecule has 5 heteroatoms. The van der Waals surface area contributed by atoms with E-state index < -0.39 is 0 Å². The van der Waals surface area contributed by atoms with Crippen LogP contribution in [0.2, 0.25) is 0 Å². The van der Waals surface area contributed by atoms with E-state index >= 15 is 0 Å². The van der Waals surface area contributed by atoms with Crippen molar-refractivity contribution in [3.8, 4) is 23.3 Å². The Morgan fingerprint density at radius 2 is 1.86 bits per heavy atom. The van der Waals surface area contributed by atoms with Crippen molar-refractivity contribution in [2.45, 2.75) is 6.61 Å². The van der Waals surface area contributed by atoms with Gasteiger partial charge in [-0.3, -0.25) is 0 Å². The summed E-state index contributed by atoms with van der Waals surface area (Å²) in [5.74, 6) is 1.85. The monoisotopic (exact) mass is 284 g/mol. The first-order valence-corrected chi connectivity index (χ1v) is 6.31. The highest BCUT2D eigenvalue weighted by Gasteiger charge is 2.08. The Hall–Kier alpha value is -2.87. The van der Waals surface area contributed by atoms with Crippen LogP contribution in [0.1, 0.15) is 11.1 Å². The van der Waals surface area contributed by atoms with Gasteiger partial charge in [0.15, 0.2) is 0 Å². The molecule has 0 atom stereocenters. The van der Waals surface area contributed by atoms with Crippen molar-refractivity contribution in [2.75, 3.05) is 20.0 Å². The Morgan fingerprint density at radius 1 is 1.05 bits per heavy atom. The fourth-order valence-electron chi connectivity index (χ4n) is 1.88. The van der Waals surface area contributed by atoms with Gasteiger partial charge in [-0.05, 0) is 30.3 Å². The number of nitriles is 1. The minimum Gasteiger partial charge on any atom is -0.497 e. The van der Waals surface area contributed by atoms with Crippen molar-refractivity contribution in [3.05, 3.63) is 47.5 Å². The molecule has 5 nitrogen and oxygen atoms in total. The average Bonchev–Trinajstić information content (AvgIpc) is 2.53. The van der Waals surface area contributed by atoms with E-state index in [2.05, 4.69) is 6.07 Å². The summed E-state index contributed by atoms with van der Waals surface area (Å²) in [7, 11) is 3.15. The Labute approximate surface area is 123 Å². The highest BCUT2D eigenvalue weighted by molar-refractivity contribution is 5.55. The lowest BCUT2D eigenvalue weighted by atomic mass is 10.1. The lowest BCUT2D eigenvalue weighted by molar-refractivity contribution is 0.296. The first-order valence-electron chi connectivity index (χ1n) is 6.31. The SMILES string of the molecule is COc1ccc(N)c(OCc2cc(C#N)ccc2OC)c1. The predicted octanol–water partition coefficient (Wildman–Crippen LogP) is 2.74. The van der Waals surface area contributed by atoms with Crippen molar-refractivity contribution in [1.29, 1.82) is 5.26 Å². The third kappa shape index (κ3) is 3.37. The van der Waals surface area contributed by atoms with Crippen LogP contribution in [0.4, 0.5) is 5.69 Å². The molecule has 0 saturated heterocycles. The largest absolute Gasteiger partial charge is 0.497 e. The number of benzene rings is 2. The summed E-state index contributed by atoms with van der Waals surface area (Å²) < 4.78 is 16.1. The summed E-state index contributed by atoms with van der Waals surface area (Å²) in [5, 5.41) is 8.96. The van der Waals surface area contributed by atoms with Gasteiger partial charge in [0.2, 0.25) is 0 Å². The molecular formula is C16H16N2O3. The molecule has 2 rings (SSSR count). The van der Waals surface area contributed by atoms with Crippen molar-refractivity contribution in [3.63, 3.8) is 0 Å². The maximum Gasteiger partial charge on any atom is 0.146 e. The van der Waals surface area contributed by atoms with Gasteiger partial charge in [-0.2, -0.15) is 5.26 Å². The first kappa shape index (κ1) is 14.5. The molecule has 0 unspecified atom stereocenters. The van der Waals surface area contributed by atoms with Gasteiger partial charge in [-0.1, -0.05) is 0 Å². The molecule has 2 aromatic rings. The molecule has 0 radical (unpaired) electrons. The van der Waals surface area contributed by atoms with Crippen molar-refractivity contribution >= 4 is 5.69 Å². The molecule has 2 N–H and O–H groups in total. The Kier molecular flexibility index (Phi) is 4.52. The maximum absolute atomic E-state index is 8.96. The molecule has 108 valence electrons. The Bertz CT molecular complexity index is 678. The average molecular weight is 284 g/mol. The van der Waals surface area contributed by atoms with Gasteiger partial charge in [-0.15, -0.1) is 0 Å². The van der Waals surface area contributed by atoms with Crippen LogP contribution in [0, 0.1) is 11.3 Å². The molecule has 0 amide bonds. The van der Waals surface area contributed by atoms with Gasteiger partial charge in [-0.25, -0.2) is 0 Å². The van der Waals surface area contributed by atoms with E-state index in [4.69, 9.17) is 25.2 Å². The zero-order valence-corrected chi connectivity index (χ0v) is 11.9. The molecule has 0 spiro atoms. The third-order valence-electron chi connectivity index (χ3n) is 3.01. The van der Waals surface area contributed by atoms with Crippen LogP contribution >= 0.6 is 0 Å². The standard InChI is InChI=1S/C16H16N2O3/c1-19-13-4-5-14(18)16(8-13)21-10-12-7-11(9-17)3-6-15(12)20-2/h3-8H,10,18H2,1-2H3. The quantitative estimate of drug-likeness (QED) is 0.854. The van der Waals surface area contributed by atoms with E-state index in [0.29, 0.717) is 28.5 Å². The van der Waals surface area contributed by atoms with Crippen LogP contribution in [0.3, 0.4) is 0 Å². The van der Waals surface area contributed by atoms with E-state index in [1.165, 1.54) is 0 Å². The number of hydrogen-bond donors (Lipinski definition) is 1. The van der Waals surface area contributed by atoms with Crippen LogP contribution in [0.15, 0.2) is 36.4 Å². The Morgan fingerprint density at radius 3 is 2.52 bits per heavy atom. The normalized spacial score (nSPS) is 9.76. The summed E-state index contributed by atoms with van der Waals surface area (Å²) in [5.41, 5.74) is 7.72. The number of rotatable bonds is 5. The van der Waals surface area contributed by atoms with Crippen molar-refractivity contribution in [1.82, 2.24) is 0 Å². The highest BCUT2D eigenvalue weighted by Crippen LogP contribution is 2.29. The lowest BCUT2D eigenvalue weighted by Crippen LogP contribution is -2.01. The minimum atomic E-state index is 0.246. The molecule has 2 aromatic carbocycles. The van der Waals surface area contributed by atoms with Crippen molar-refractivity contribution in [2.24, 2.45) is 0 Å². The fourth-order valence-corrected chi connectivity index (χ4v) is 1.88. The van der Waals surface area contributed by atoms with Gasteiger partial charge in [0.1, 0.15) is 23.9 Å². The van der Waals surface area contributed by atoms with Crippen LogP contribution in [0.25, 0.3) is 0 Å². The van der Waals surface area contributed by atoms with E-state index in [0.717, 1.165) is 5.56 Å². The minimum absolute atomic E-state index is 0.246. The second-order valence-electron chi connectivity index (χ2n) is 4.33. The molecule has 0 bridgehead atoms. The second kappa shape index (κ2) is 6.53. The topological polar surface area (TPSA) is 77.5 Å². The van der Waals surface area contributed by atoms with Crippen LogP contribution in [-0.4, -0.2) is 14.2 Å². The number of anilines is 1. The Balaban J connectivity index is 2.22. The number of hydrogen-bond acceptors (Lipinski definition) is 5. The highest BCUT2D eigenvalue weighted by atomic mass is 16.5. The van der Waals surface area contributed by atoms with Gasteiger partial charge in [0.05, 0.1) is 31.5 Å². The predicted molar refractivity (Wildman–Crippen MR) is 79.4 cm³/mol. The van der Waals surface area contributed by atoms with E-state index in [9.17, 15) is 0 Å². The van der Waals surface area contributed by atoms with Gasteiger partial charge < -0.3 is 19.9 Å². The molecular weight excluding hydrogens is 268 g/mol. The molecule has 21 heavy (non-hydrogen) atoms. The maximum atomic E-state index is 8.96. The van der Waals surface area contributed by atoms with Crippen molar-refractivity contribution < 1.29 is 14.2 Å². The molecule has 0 aliphatic heterocycles. The second-order valence-corrected chi connectivity index (χ2v) is 4.33. The van der Waals surface area contributed by atoms with E-state index in [1.807, 2.05) is 0 Å². The molecule has 0 aliphatic rings. The summed E-state index contributed by atoms with van der Waals surface area (Å²) in [4.78, 5) is 0. The number of nitrogen functional groups attached to an aromatic ring is 1. The third-order valence-corrected chi connectivity index (χ3v) is 3.01. The van der Waals surface area contributed by atoms with E-state index in [-0.39, 0.29) is 6.61 Å². The number of nitrogens with two attached hydrogens (primary N) is 1. The summed E-state index contributed by atoms with van der Waals surface area (Å²) in [6.07, 6.45) is 0. The summed E-state index contributed by atoms with van der Waals surface area (Å²) in [6, 6.07) is 12.5. The number of methoxy groups -OCH3 is 2. The van der Waals surface area contributed by atoms with E-state index in [1.54, 1.807) is 50.6 Å². The van der Waals surface area contributed by atoms with Crippen LogP contribution in [0.5, 0.6) is 17.2 Å². The smallest absolute Gasteiger partial charge is 0.146 e. The van der Waals surface area contributed by atoms with Crippen LogP contribution < -0.4 is 19.9 Å². The zero-order chi connectivity index (χ0) is 15.2. The number of ether oxygens (including phenoxy) is 3. The fraction of sp³-hybridized carbons (Fsp3) is 0.188. The van der Waals surface area contributed by atoms with Crippen LogP contribution in [-0.2, 0) is 6.61 Å². The zero-order valence-electron chi connectivity index (χ0n) is 11.9. The molecule has 0 saturated carbocycles. The summed E-state index contributed by atoms with van der Waals surface area (Å²) in [6.45, 7) is 0.246.